The highest BCUT2D eigenvalue weighted by Crippen LogP contribution is 2.25. The van der Waals surface area contributed by atoms with E-state index in [1.165, 1.54) is 0 Å². The number of anilines is 1. The van der Waals surface area contributed by atoms with Crippen LogP contribution in [0.5, 0.6) is 0 Å². The lowest BCUT2D eigenvalue weighted by molar-refractivity contribution is 0.152. The second kappa shape index (κ2) is 6.84. The van der Waals surface area contributed by atoms with Gasteiger partial charge in [-0.25, -0.2) is 17.5 Å². The number of aliphatic hydroxyl groups excluding tert-OH is 1. The predicted octanol–water partition coefficient (Wildman–Crippen LogP) is 1.86. The fourth-order valence-electron chi connectivity index (χ4n) is 1.66. The standard InChI is InChI=1S/C12H18BrFN2O3S/c1-7(2)3-8(17)6-16-20(18,19)12-5-11(15)9(13)4-10(12)14/h4-5,7-8,16-17H,3,6,15H2,1-2H3. The maximum Gasteiger partial charge on any atom is 0.243 e. The monoisotopic (exact) mass is 368 g/mol. The van der Waals surface area contributed by atoms with Crippen molar-refractivity contribution in [3.05, 3.63) is 22.4 Å². The molecule has 0 heterocycles. The number of hydrogen-bond donors (Lipinski definition) is 3. The lowest BCUT2D eigenvalue weighted by Gasteiger charge is -2.14. The number of hydrogen-bond acceptors (Lipinski definition) is 4. The summed E-state index contributed by atoms with van der Waals surface area (Å²) in [6.45, 7) is 3.65. The van der Waals surface area contributed by atoms with Crippen molar-refractivity contribution in [3.63, 3.8) is 0 Å². The number of halogens is 2. The molecule has 1 atom stereocenters. The number of rotatable bonds is 6. The summed E-state index contributed by atoms with van der Waals surface area (Å²) in [5.41, 5.74) is 5.67. The topological polar surface area (TPSA) is 92.4 Å². The fourth-order valence-corrected chi connectivity index (χ4v) is 3.14. The minimum Gasteiger partial charge on any atom is -0.398 e. The summed E-state index contributed by atoms with van der Waals surface area (Å²) in [4.78, 5) is -0.532. The predicted molar refractivity (Wildman–Crippen MR) is 79.2 cm³/mol. The van der Waals surface area contributed by atoms with Crippen LogP contribution < -0.4 is 10.5 Å². The summed E-state index contributed by atoms with van der Waals surface area (Å²) in [5.74, 6) is -0.675. The van der Waals surface area contributed by atoms with Gasteiger partial charge < -0.3 is 10.8 Å². The molecule has 4 N–H and O–H groups in total. The molecule has 114 valence electrons. The summed E-state index contributed by atoms with van der Waals surface area (Å²) in [6, 6.07) is 2.03. The normalized spacial score (nSPS) is 13.7. The van der Waals surface area contributed by atoms with Crippen LogP contribution in [-0.4, -0.2) is 26.2 Å². The van der Waals surface area contributed by atoms with Crippen LogP contribution >= 0.6 is 15.9 Å². The molecule has 20 heavy (non-hydrogen) atoms. The van der Waals surface area contributed by atoms with Gasteiger partial charge in [0, 0.05) is 16.7 Å². The molecule has 1 aromatic rings. The quantitative estimate of drug-likeness (QED) is 0.668. The average Bonchev–Trinajstić information content (AvgIpc) is 2.30. The van der Waals surface area contributed by atoms with Crippen LogP contribution in [0.2, 0.25) is 0 Å². The van der Waals surface area contributed by atoms with Crippen molar-refractivity contribution in [1.29, 1.82) is 0 Å². The van der Waals surface area contributed by atoms with Crippen molar-refractivity contribution in [2.45, 2.75) is 31.3 Å². The van der Waals surface area contributed by atoms with E-state index in [0.717, 1.165) is 12.1 Å². The molecule has 0 saturated heterocycles. The van der Waals surface area contributed by atoms with E-state index in [2.05, 4.69) is 20.7 Å². The van der Waals surface area contributed by atoms with Crippen molar-refractivity contribution < 1.29 is 17.9 Å². The third-order valence-electron chi connectivity index (χ3n) is 2.59. The lowest BCUT2D eigenvalue weighted by Crippen LogP contribution is -2.33. The first-order chi connectivity index (χ1) is 9.13. The Kier molecular flexibility index (Phi) is 5.93. The van der Waals surface area contributed by atoms with Crippen molar-refractivity contribution in [1.82, 2.24) is 4.72 Å². The zero-order valence-electron chi connectivity index (χ0n) is 11.2. The highest BCUT2D eigenvalue weighted by molar-refractivity contribution is 9.10. The van der Waals surface area contributed by atoms with Gasteiger partial charge in [-0.2, -0.15) is 0 Å². The van der Waals surface area contributed by atoms with E-state index in [0.29, 0.717) is 6.42 Å². The molecule has 0 aliphatic heterocycles. The smallest absolute Gasteiger partial charge is 0.243 e. The zero-order valence-corrected chi connectivity index (χ0v) is 13.6. The fraction of sp³-hybridized carbons (Fsp3) is 0.500. The van der Waals surface area contributed by atoms with Crippen LogP contribution in [0.4, 0.5) is 10.1 Å². The number of aliphatic hydroxyl groups is 1. The highest BCUT2D eigenvalue weighted by atomic mass is 79.9. The van der Waals surface area contributed by atoms with Gasteiger partial charge >= 0.3 is 0 Å². The molecule has 0 amide bonds. The Hall–Kier alpha value is -0.700. The second-order valence-electron chi connectivity index (χ2n) is 4.94. The number of sulfonamides is 1. The molecule has 0 aliphatic rings. The Morgan fingerprint density at radius 1 is 1.45 bits per heavy atom. The minimum absolute atomic E-state index is 0.120. The molecule has 1 unspecified atom stereocenters. The summed E-state index contributed by atoms with van der Waals surface area (Å²) in [7, 11) is -4.05. The first-order valence-electron chi connectivity index (χ1n) is 6.05. The molecule has 0 fully saturated rings. The van der Waals surface area contributed by atoms with E-state index >= 15 is 0 Å². The van der Waals surface area contributed by atoms with Gasteiger partial charge in [-0.1, -0.05) is 13.8 Å². The highest BCUT2D eigenvalue weighted by Gasteiger charge is 2.21. The van der Waals surface area contributed by atoms with Crippen molar-refractivity contribution >= 4 is 31.6 Å². The molecule has 8 heteroatoms. The van der Waals surface area contributed by atoms with Crippen LogP contribution in [0, 0.1) is 11.7 Å². The first-order valence-corrected chi connectivity index (χ1v) is 8.33. The van der Waals surface area contributed by atoms with Crippen LogP contribution in [0.25, 0.3) is 0 Å². The van der Waals surface area contributed by atoms with Crippen molar-refractivity contribution in [2.75, 3.05) is 12.3 Å². The summed E-state index contributed by atoms with van der Waals surface area (Å²) < 4.78 is 40.1. The molecule has 0 aliphatic carbocycles. The molecule has 5 nitrogen and oxygen atoms in total. The van der Waals surface area contributed by atoms with Gasteiger partial charge in [0.05, 0.1) is 6.10 Å². The van der Waals surface area contributed by atoms with Crippen LogP contribution in [0.3, 0.4) is 0 Å². The van der Waals surface area contributed by atoms with E-state index in [4.69, 9.17) is 5.73 Å². The van der Waals surface area contributed by atoms with Crippen LogP contribution in [0.1, 0.15) is 20.3 Å². The molecule has 1 rings (SSSR count). The maximum absolute atomic E-state index is 13.7. The molecular formula is C12H18BrFN2O3S. The molecule has 0 bridgehead atoms. The van der Waals surface area contributed by atoms with Gasteiger partial charge in [0.2, 0.25) is 10.0 Å². The largest absolute Gasteiger partial charge is 0.398 e. The first kappa shape index (κ1) is 17.4. The van der Waals surface area contributed by atoms with E-state index in [1.54, 1.807) is 0 Å². The van der Waals surface area contributed by atoms with E-state index in [-0.39, 0.29) is 22.6 Å². The maximum atomic E-state index is 13.7. The molecule has 1 aromatic carbocycles. The van der Waals surface area contributed by atoms with Gasteiger partial charge in [0.25, 0.3) is 0 Å². The van der Waals surface area contributed by atoms with Crippen molar-refractivity contribution in [2.24, 2.45) is 5.92 Å². The Balaban J connectivity index is 2.87. The van der Waals surface area contributed by atoms with Crippen LogP contribution in [-0.2, 0) is 10.0 Å². The van der Waals surface area contributed by atoms with E-state index < -0.39 is 26.8 Å². The Morgan fingerprint density at radius 2 is 2.05 bits per heavy atom. The Morgan fingerprint density at radius 3 is 2.60 bits per heavy atom. The number of benzene rings is 1. The van der Waals surface area contributed by atoms with E-state index in [1.807, 2.05) is 13.8 Å². The van der Waals surface area contributed by atoms with Crippen LogP contribution in [0.15, 0.2) is 21.5 Å². The Labute approximate surface area is 126 Å². The number of nitrogen functional groups attached to an aromatic ring is 1. The molecule has 0 spiro atoms. The SMILES string of the molecule is CC(C)CC(O)CNS(=O)(=O)c1cc(N)c(Br)cc1F. The van der Waals surface area contributed by atoms with E-state index in [9.17, 15) is 17.9 Å². The molecule has 0 aromatic heterocycles. The molecule has 0 saturated carbocycles. The van der Waals surface area contributed by atoms with Crippen molar-refractivity contribution in [3.8, 4) is 0 Å². The number of nitrogens with two attached hydrogens (primary N) is 1. The minimum atomic E-state index is -4.05. The Bertz CT molecular complexity index is 578. The summed E-state index contributed by atoms with van der Waals surface area (Å²) >= 11 is 3.02. The van der Waals surface area contributed by atoms with Gasteiger partial charge in [-0.05, 0) is 40.4 Å². The molecular weight excluding hydrogens is 351 g/mol. The molecule has 0 radical (unpaired) electrons. The third kappa shape index (κ3) is 4.69. The third-order valence-corrected chi connectivity index (χ3v) is 4.72. The lowest BCUT2D eigenvalue weighted by atomic mass is 10.1. The van der Waals surface area contributed by atoms with Gasteiger partial charge in [0.15, 0.2) is 0 Å². The van der Waals surface area contributed by atoms with Gasteiger partial charge in [0.1, 0.15) is 10.7 Å². The zero-order chi connectivity index (χ0) is 15.5. The van der Waals surface area contributed by atoms with Gasteiger partial charge in [-0.15, -0.1) is 0 Å². The summed E-state index contributed by atoms with van der Waals surface area (Å²) in [6.07, 6.45) is -0.367. The summed E-state index contributed by atoms with van der Waals surface area (Å²) in [5, 5.41) is 9.64. The second-order valence-corrected chi connectivity index (χ2v) is 7.53. The average molecular weight is 369 g/mol. The number of nitrogens with one attached hydrogen (secondary N) is 1. The van der Waals surface area contributed by atoms with Gasteiger partial charge in [-0.3, -0.25) is 0 Å².